The zero-order chi connectivity index (χ0) is 11.4. The first-order chi connectivity index (χ1) is 7.79. The smallest absolute Gasteiger partial charge is 0.202 e. The molecule has 0 atom stereocenters. The number of imidazole rings is 1. The molecule has 0 saturated carbocycles. The Morgan fingerprint density at radius 3 is 3.06 bits per heavy atom. The number of carbonyl (C=O) groups excluding carboxylic acids is 1. The van der Waals surface area contributed by atoms with Crippen LogP contribution in [0.4, 0.5) is 0 Å². The zero-order valence-corrected chi connectivity index (χ0v) is 8.93. The molecule has 0 aliphatic carbocycles. The molecule has 1 heterocycles. The molecule has 4 nitrogen and oxygen atoms in total. The second kappa shape index (κ2) is 4.61. The van der Waals surface area contributed by atoms with E-state index in [9.17, 15) is 4.79 Å². The highest BCUT2D eigenvalue weighted by molar-refractivity contribution is 5.94. The van der Waals surface area contributed by atoms with Gasteiger partial charge in [0.2, 0.25) is 5.78 Å². The van der Waals surface area contributed by atoms with E-state index >= 15 is 0 Å². The molecule has 1 aromatic carbocycles. The molecule has 2 aromatic rings. The maximum Gasteiger partial charge on any atom is 0.202 e. The molecule has 4 heteroatoms. The van der Waals surface area contributed by atoms with Crippen LogP contribution < -0.4 is 4.74 Å². The Kier molecular flexibility index (Phi) is 3.00. The second-order valence-electron chi connectivity index (χ2n) is 3.39. The van der Waals surface area contributed by atoms with Gasteiger partial charge in [0.25, 0.3) is 0 Å². The number of hydrogen-bond acceptors (Lipinski definition) is 3. The predicted octanol–water partition coefficient (Wildman–Crippen LogP) is 1.84. The number of aromatic nitrogens is 2. The summed E-state index contributed by atoms with van der Waals surface area (Å²) in [4.78, 5) is 18.5. The summed E-state index contributed by atoms with van der Waals surface area (Å²) in [6.07, 6.45) is 3.53. The molecular weight excluding hydrogens is 204 g/mol. The van der Waals surface area contributed by atoms with E-state index < -0.39 is 0 Å². The highest BCUT2D eigenvalue weighted by Crippen LogP contribution is 2.13. The van der Waals surface area contributed by atoms with Crippen LogP contribution in [0.2, 0.25) is 0 Å². The van der Waals surface area contributed by atoms with E-state index in [4.69, 9.17) is 4.74 Å². The van der Waals surface area contributed by atoms with Crippen LogP contribution in [0.15, 0.2) is 36.7 Å². The monoisotopic (exact) mass is 216 g/mol. The number of benzene rings is 1. The molecule has 0 amide bonds. The molecule has 0 unspecified atom stereocenters. The first-order valence-corrected chi connectivity index (χ1v) is 4.95. The summed E-state index contributed by atoms with van der Waals surface area (Å²) in [7, 11) is 1.60. The molecule has 0 radical (unpaired) electrons. The van der Waals surface area contributed by atoms with Crippen molar-refractivity contribution in [3.05, 3.63) is 48.0 Å². The Morgan fingerprint density at radius 2 is 2.38 bits per heavy atom. The largest absolute Gasteiger partial charge is 0.497 e. The molecule has 16 heavy (non-hydrogen) atoms. The minimum Gasteiger partial charge on any atom is -0.497 e. The second-order valence-corrected chi connectivity index (χ2v) is 3.39. The summed E-state index contributed by atoms with van der Waals surface area (Å²) < 4.78 is 5.09. The molecule has 0 fully saturated rings. The van der Waals surface area contributed by atoms with Crippen LogP contribution in [-0.2, 0) is 6.42 Å². The summed E-state index contributed by atoms with van der Waals surface area (Å²) in [6.45, 7) is 0. The lowest BCUT2D eigenvalue weighted by Gasteiger charge is -2.02. The van der Waals surface area contributed by atoms with Crippen molar-refractivity contribution < 1.29 is 9.53 Å². The number of rotatable bonds is 4. The van der Waals surface area contributed by atoms with Crippen LogP contribution in [0.5, 0.6) is 5.75 Å². The van der Waals surface area contributed by atoms with Gasteiger partial charge in [-0.3, -0.25) is 4.79 Å². The van der Waals surface area contributed by atoms with Crippen LogP contribution in [0.3, 0.4) is 0 Å². The number of hydrogen-bond donors (Lipinski definition) is 1. The first kappa shape index (κ1) is 10.4. The SMILES string of the molecule is COc1cccc(CC(=O)c2ncc[nH]2)c1. The van der Waals surface area contributed by atoms with E-state index in [1.165, 1.54) is 0 Å². The zero-order valence-electron chi connectivity index (χ0n) is 8.93. The van der Waals surface area contributed by atoms with Crippen molar-refractivity contribution in [3.63, 3.8) is 0 Å². The van der Waals surface area contributed by atoms with E-state index in [2.05, 4.69) is 9.97 Å². The van der Waals surface area contributed by atoms with Gasteiger partial charge in [-0.15, -0.1) is 0 Å². The third kappa shape index (κ3) is 2.28. The Morgan fingerprint density at radius 1 is 1.50 bits per heavy atom. The van der Waals surface area contributed by atoms with Gasteiger partial charge in [0.05, 0.1) is 7.11 Å². The van der Waals surface area contributed by atoms with E-state index in [-0.39, 0.29) is 5.78 Å². The minimum absolute atomic E-state index is 0.0294. The molecule has 0 bridgehead atoms. The van der Waals surface area contributed by atoms with Crippen LogP contribution in [0.1, 0.15) is 16.2 Å². The number of ketones is 1. The van der Waals surface area contributed by atoms with Gasteiger partial charge in [0, 0.05) is 18.8 Å². The van der Waals surface area contributed by atoms with Crippen molar-refractivity contribution in [2.75, 3.05) is 7.11 Å². The third-order valence-corrected chi connectivity index (χ3v) is 2.26. The number of Topliss-reactive ketones (excluding diaryl/α,β-unsaturated/α-hetero) is 1. The highest BCUT2D eigenvalue weighted by atomic mass is 16.5. The van der Waals surface area contributed by atoms with Crippen molar-refractivity contribution in [1.29, 1.82) is 0 Å². The van der Waals surface area contributed by atoms with E-state index in [0.717, 1.165) is 11.3 Å². The van der Waals surface area contributed by atoms with Gasteiger partial charge >= 0.3 is 0 Å². The molecule has 0 aliphatic heterocycles. The van der Waals surface area contributed by atoms with Gasteiger partial charge in [-0.1, -0.05) is 12.1 Å². The predicted molar refractivity (Wildman–Crippen MR) is 59.6 cm³/mol. The van der Waals surface area contributed by atoms with E-state index in [0.29, 0.717) is 12.2 Å². The summed E-state index contributed by atoms with van der Waals surface area (Å²) in [5.74, 6) is 1.12. The fourth-order valence-electron chi connectivity index (χ4n) is 1.47. The molecular formula is C12H12N2O2. The molecule has 0 saturated heterocycles. The average Bonchev–Trinajstić information content (AvgIpc) is 2.83. The number of nitrogens with zero attached hydrogens (tertiary/aromatic N) is 1. The number of nitrogens with one attached hydrogen (secondary N) is 1. The molecule has 2 rings (SSSR count). The third-order valence-electron chi connectivity index (χ3n) is 2.26. The van der Waals surface area contributed by atoms with Crippen LogP contribution in [-0.4, -0.2) is 22.9 Å². The summed E-state index contributed by atoms with van der Waals surface area (Å²) in [5, 5.41) is 0. The van der Waals surface area contributed by atoms with Gasteiger partial charge in [0.1, 0.15) is 5.75 Å². The summed E-state index contributed by atoms with van der Waals surface area (Å²) >= 11 is 0. The first-order valence-electron chi connectivity index (χ1n) is 4.95. The Bertz CT molecular complexity index is 478. The van der Waals surface area contributed by atoms with Gasteiger partial charge in [-0.2, -0.15) is 0 Å². The summed E-state index contributed by atoms with van der Waals surface area (Å²) in [5.41, 5.74) is 0.917. The molecule has 0 aliphatic rings. The Balaban J connectivity index is 2.12. The molecule has 1 aromatic heterocycles. The van der Waals surface area contributed by atoms with Crippen molar-refractivity contribution in [3.8, 4) is 5.75 Å². The van der Waals surface area contributed by atoms with Crippen LogP contribution in [0, 0.1) is 0 Å². The molecule has 0 spiro atoms. The van der Waals surface area contributed by atoms with Crippen molar-refractivity contribution in [2.45, 2.75) is 6.42 Å². The van der Waals surface area contributed by atoms with Crippen LogP contribution >= 0.6 is 0 Å². The van der Waals surface area contributed by atoms with Gasteiger partial charge in [0.15, 0.2) is 5.82 Å². The van der Waals surface area contributed by atoms with E-state index in [1.54, 1.807) is 19.5 Å². The minimum atomic E-state index is -0.0294. The van der Waals surface area contributed by atoms with Gasteiger partial charge in [-0.05, 0) is 17.7 Å². The Labute approximate surface area is 93.3 Å². The quantitative estimate of drug-likeness (QED) is 0.793. The number of methoxy groups -OCH3 is 1. The summed E-state index contributed by atoms with van der Waals surface area (Å²) in [6, 6.07) is 7.45. The van der Waals surface area contributed by atoms with Crippen LogP contribution in [0.25, 0.3) is 0 Å². The average molecular weight is 216 g/mol. The number of H-pyrrole nitrogens is 1. The maximum absolute atomic E-state index is 11.7. The van der Waals surface area contributed by atoms with Crippen molar-refractivity contribution in [1.82, 2.24) is 9.97 Å². The topological polar surface area (TPSA) is 55.0 Å². The van der Waals surface area contributed by atoms with E-state index in [1.807, 2.05) is 24.3 Å². The molecule has 82 valence electrons. The lowest BCUT2D eigenvalue weighted by Crippen LogP contribution is -2.05. The lowest BCUT2D eigenvalue weighted by atomic mass is 10.1. The standard InChI is InChI=1S/C12H12N2O2/c1-16-10-4-2-3-9(7-10)8-11(15)12-13-5-6-14-12/h2-7H,8H2,1H3,(H,13,14). The maximum atomic E-state index is 11.7. The number of carbonyl (C=O) groups is 1. The lowest BCUT2D eigenvalue weighted by molar-refractivity contribution is 0.0984. The fraction of sp³-hybridized carbons (Fsp3) is 0.167. The van der Waals surface area contributed by atoms with Gasteiger partial charge in [-0.25, -0.2) is 4.98 Å². The van der Waals surface area contributed by atoms with Crippen molar-refractivity contribution >= 4 is 5.78 Å². The van der Waals surface area contributed by atoms with Gasteiger partial charge < -0.3 is 9.72 Å². The normalized spacial score (nSPS) is 10.1. The molecule has 1 N–H and O–H groups in total. The number of ether oxygens (including phenoxy) is 1. The number of aromatic amines is 1. The van der Waals surface area contributed by atoms with Crippen molar-refractivity contribution in [2.24, 2.45) is 0 Å². The Hall–Kier alpha value is -2.10. The fourth-order valence-corrected chi connectivity index (χ4v) is 1.47. The highest BCUT2D eigenvalue weighted by Gasteiger charge is 2.09.